The second kappa shape index (κ2) is 21.4. The summed E-state index contributed by atoms with van der Waals surface area (Å²) < 4.78 is 0. The van der Waals surface area contributed by atoms with Gasteiger partial charge >= 0.3 is 0 Å². The van der Waals surface area contributed by atoms with Crippen molar-refractivity contribution in [3.8, 4) is 6.07 Å². The molecule has 8 rings (SSSR count). The second-order valence-electron chi connectivity index (χ2n) is 17.6. The molecule has 1 atom stereocenters. The molecule has 2 saturated heterocycles. The van der Waals surface area contributed by atoms with E-state index >= 15 is 0 Å². The second-order valence-corrected chi connectivity index (χ2v) is 17.6. The first-order valence-electron chi connectivity index (χ1n) is 22.7. The minimum Gasteiger partial charge on any atom is -0.388 e. The average molecular weight is 806 g/mol. The Morgan fingerprint density at radius 1 is 0.733 bits per heavy atom. The maximum Gasteiger partial charge on any atom is 0.225 e. The Labute approximate surface area is 360 Å². The molecular formula is C52H67N7O. The van der Waals surface area contributed by atoms with E-state index in [2.05, 4.69) is 117 Å². The topological polar surface area (TPSA) is 69.1 Å². The average Bonchev–Trinajstić information content (AvgIpc) is 3.30. The van der Waals surface area contributed by atoms with Crippen LogP contribution >= 0.6 is 0 Å². The zero-order chi connectivity index (χ0) is 41.7. The maximum absolute atomic E-state index is 12.9. The van der Waals surface area contributed by atoms with Gasteiger partial charge in [-0.25, -0.2) is 0 Å². The summed E-state index contributed by atoms with van der Waals surface area (Å²) in [6, 6.07) is 36.4. The van der Waals surface area contributed by atoms with Crippen molar-refractivity contribution in [3.63, 3.8) is 0 Å². The van der Waals surface area contributed by atoms with E-state index in [0.717, 1.165) is 103 Å². The molecule has 1 amide bonds. The number of hydrogen-bond donors (Lipinski definition) is 1. The summed E-state index contributed by atoms with van der Waals surface area (Å²) in [5.74, 6) is 0.969. The summed E-state index contributed by atoms with van der Waals surface area (Å²) in [5.41, 5.74) is 11.7. The lowest BCUT2D eigenvalue weighted by atomic mass is 9.94. The van der Waals surface area contributed by atoms with Crippen LogP contribution in [0.25, 0.3) is 0 Å². The Morgan fingerprint density at radius 2 is 1.37 bits per heavy atom. The van der Waals surface area contributed by atoms with Crippen LogP contribution in [0.15, 0.2) is 109 Å². The molecule has 60 heavy (non-hydrogen) atoms. The van der Waals surface area contributed by atoms with Crippen LogP contribution in [0, 0.1) is 30.1 Å². The van der Waals surface area contributed by atoms with Crippen molar-refractivity contribution in [2.24, 2.45) is 11.8 Å². The zero-order valence-electron chi connectivity index (χ0n) is 36.3. The summed E-state index contributed by atoms with van der Waals surface area (Å²) in [6.45, 7) is 19.1. The first-order chi connectivity index (χ1) is 29.3. The first kappa shape index (κ1) is 43.0. The third-order valence-corrected chi connectivity index (χ3v) is 13.3. The fourth-order valence-electron chi connectivity index (χ4n) is 9.59. The Morgan fingerprint density at radius 3 is 2.00 bits per heavy atom. The van der Waals surface area contributed by atoms with Gasteiger partial charge in [-0.2, -0.15) is 5.26 Å². The van der Waals surface area contributed by atoms with Crippen LogP contribution in [0.5, 0.6) is 0 Å². The van der Waals surface area contributed by atoms with Crippen LogP contribution in [0.1, 0.15) is 71.9 Å². The number of rotatable bonds is 13. The molecule has 8 heteroatoms. The standard InChI is InChI=1S/C26H32N4O.C26H35N3/c1-28(14-4-15-29-16-11-22-5-2-3-6-24(22)20-29)26(31)23-12-17-30(18-13-23)25-9-7-21(19-27)8-10-25;1-21-8-5-12-26(18-21)29-16-6-11-24(20-29)22(2)27-14-7-15-28-17-13-23-9-3-4-10-25(23)19-28/h2-3,5-10,23H,4,11-18,20H2,1H3;3-5,8-10,12,18,24,27H,2,6-7,11,13-17,19-20H2,1H3. The van der Waals surface area contributed by atoms with Crippen LogP contribution < -0.4 is 15.1 Å². The molecule has 0 aliphatic carbocycles. The SMILES string of the molecule is C=C(NCCCN1CCc2ccccc2C1)C1CCCN(c2cccc(C)c2)C1.CN(CCCN1CCc2ccccc2C1)C(=O)C1CCN(c2ccc(C#N)cc2)CC1. The summed E-state index contributed by atoms with van der Waals surface area (Å²) in [4.78, 5) is 24.8. The number of piperidine rings is 2. The lowest BCUT2D eigenvalue weighted by Crippen LogP contribution is -2.42. The first-order valence-corrected chi connectivity index (χ1v) is 22.7. The van der Waals surface area contributed by atoms with E-state index < -0.39 is 0 Å². The van der Waals surface area contributed by atoms with Crippen LogP contribution in [0.4, 0.5) is 11.4 Å². The van der Waals surface area contributed by atoms with Crippen molar-refractivity contribution in [2.45, 2.75) is 71.4 Å². The number of amides is 1. The molecule has 0 saturated carbocycles. The molecule has 4 heterocycles. The molecule has 316 valence electrons. The third kappa shape index (κ3) is 11.8. The third-order valence-electron chi connectivity index (χ3n) is 13.3. The number of nitrogens with one attached hydrogen (secondary N) is 1. The van der Waals surface area contributed by atoms with Crippen LogP contribution in [0.3, 0.4) is 0 Å². The molecule has 8 nitrogen and oxygen atoms in total. The lowest BCUT2D eigenvalue weighted by molar-refractivity contribution is -0.134. The van der Waals surface area contributed by atoms with Gasteiger partial charge in [-0.1, -0.05) is 67.2 Å². The summed E-state index contributed by atoms with van der Waals surface area (Å²) in [6.07, 6.45) is 8.79. The van der Waals surface area contributed by atoms with E-state index in [9.17, 15) is 4.79 Å². The fourth-order valence-corrected chi connectivity index (χ4v) is 9.59. The van der Waals surface area contributed by atoms with Crippen LogP contribution in [-0.2, 0) is 30.7 Å². The molecule has 0 radical (unpaired) electrons. The lowest BCUT2D eigenvalue weighted by Gasteiger charge is -2.36. The van der Waals surface area contributed by atoms with Crippen molar-refractivity contribution in [2.75, 3.05) is 82.3 Å². The zero-order valence-corrected chi connectivity index (χ0v) is 36.3. The van der Waals surface area contributed by atoms with E-state index in [0.29, 0.717) is 17.4 Å². The monoisotopic (exact) mass is 806 g/mol. The Bertz CT molecular complexity index is 2050. The van der Waals surface area contributed by atoms with Gasteiger partial charge in [0.1, 0.15) is 0 Å². The number of carbonyl (C=O) groups excluding carboxylic acids is 1. The number of nitrogens with zero attached hydrogens (tertiary/aromatic N) is 6. The predicted molar refractivity (Wildman–Crippen MR) is 247 cm³/mol. The summed E-state index contributed by atoms with van der Waals surface area (Å²) >= 11 is 0. The smallest absolute Gasteiger partial charge is 0.225 e. The van der Waals surface area contributed by atoms with Crippen molar-refractivity contribution in [3.05, 3.63) is 143 Å². The minimum atomic E-state index is 0.126. The molecule has 0 spiro atoms. The van der Waals surface area contributed by atoms with E-state index in [-0.39, 0.29) is 5.92 Å². The normalized spacial score (nSPS) is 18.3. The number of anilines is 2. The number of benzene rings is 4. The molecule has 4 aliphatic rings. The van der Waals surface area contributed by atoms with Gasteiger partial charge in [0, 0.05) is 114 Å². The van der Waals surface area contributed by atoms with Gasteiger partial charge in [0.2, 0.25) is 5.91 Å². The van der Waals surface area contributed by atoms with Crippen molar-refractivity contribution in [1.82, 2.24) is 20.0 Å². The predicted octanol–water partition coefficient (Wildman–Crippen LogP) is 8.44. The molecule has 0 bridgehead atoms. The van der Waals surface area contributed by atoms with Crippen molar-refractivity contribution in [1.29, 1.82) is 5.26 Å². The van der Waals surface area contributed by atoms with Gasteiger partial charge in [0.25, 0.3) is 0 Å². The molecule has 1 N–H and O–H groups in total. The minimum absolute atomic E-state index is 0.126. The Hall–Kier alpha value is -5.10. The highest BCUT2D eigenvalue weighted by molar-refractivity contribution is 5.79. The molecule has 4 aromatic carbocycles. The van der Waals surface area contributed by atoms with Gasteiger partial charge in [0.15, 0.2) is 0 Å². The van der Waals surface area contributed by atoms with Gasteiger partial charge in [-0.3, -0.25) is 14.6 Å². The quantitative estimate of drug-likeness (QED) is 0.136. The molecule has 2 fully saturated rings. The van der Waals surface area contributed by atoms with Gasteiger partial charge in [-0.15, -0.1) is 0 Å². The molecule has 4 aliphatic heterocycles. The summed E-state index contributed by atoms with van der Waals surface area (Å²) in [7, 11) is 1.96. The Kier molecular flexibility index (Phi) is 15.4. The van der Waals surface area contributed by atoms with Crippen molar-refractivity contribution < 1.29 is 4.79 Å². The Balaban J connectivity index is 0.000000182. The number of aryl methyl sites for hydroxylation is 1. The maximum atomic E-state index is 12.9. The van der Waals surface area contributed by atoms with E-state index in [4.69, 9.17) is 5.26 Å². The molecule has 1 unspecified atom stereocenters. The van der Waals surface area contributed by atoms with Gasteiger partial charge in [-0.05, 0) is 123 Å². The molecule has 4 aromatic rings. The van der Waals surface area contributed by atoms with E-state index in [1.165, 1.54) is 71.4 Å². The van der Waals surface area contributed by atoms with E-state index in [1.807, 2.05) is 36.2 Å². The number of carbonyl (C=O) groups is 1. The van der Waals surface area contributed by atoms with Crippen molar-refractivity contribution >= 4 is 17.3 Å². The van der Waals surface area contributed by atoms with Crippen LogP contribution in [-0.4, -0.2) is 93.1 Å². The highest BCUT2D eigenvalue weighted by atomic mass is 16.2. The highest BCUT2D eigenvalue weighted by Crippen LogP contribution is 2.28. The number of nitriles is 1. The molecule has 0 aromatic heterocycles. The largest absolute Gasteiger partial charge is 0.388 e. The fraction of sp³-hybridized carbons (Fsp3) is 0.462. The van der Waals surface area contributed by atoms with Crippen LogP contribution in [0.2, 0.25) is 0 Å². The number of fused-ring (bicyclic) bond motifs is 2. The van der Waals surface area contributed by atoms with Gasteiger partial charge in [0.05, 0.1) is 11.6 Å². The number of hydrogen-bond acceptors (Lipinski definition) is 7. The highest BCUT2D eigenvalue weighted by Gasteiger charge is 2.28. The van der Waals surface area contributed by atoms with E-state index in [1.54, 1.807) is 0 Å². The summed E-state index contributed by atoms with van der Waals surface area (Å²) in [5, 5.41) is 12.6. The van der Waals surface area contributed by atoms with Gasteiger partial charge < -0.3 is 20.0 Å². The molecular weight excluding hydrogens is 739 g/mol.